The molecular formula is C13H21ClNO3P. The average molecular weight is 306 g/mol. The summed E-state index contributed by atoms with van der Waals surface area (Å²) in [5.41, 5.74) is 1.08. The van der Waals surface area contributed by atoms with E-state index in [0.717, 1.165) is 5.56 Å². The van der Waals surface area contributed by atoms with Crippen molar-refractivity contribution in [2.24, 2.45) is 0 Å². The molecule has 0 bridgehead atoms. The molecule has 1 aromatic rings. The van der Waals surface area contributed by atoms with Gasteiger partial charge in [0.05, 0.1) is 5.02 Å². The molecule has 6 heteroatoms. The number of halogens is 1. The quantitative estimate of drug-likeness (QED) is 0.776. The van der Waals surface area contributed by atoms with Crippen molar-refractivity contribution in [3.63, 3.8) is 0 Å². The topological polar surface area (TPSA) is 38.8 Å². The molecule has 0 spiro atoms. The van der Waals surface area contributed by atoms with Gasteiger partial charge in [0.25, 0.3) is 0 Å². The summed E-state index contributed by atoms with van der Waals surface area (Å²) in [5, 5.41) is 0.423. The van der Waals surface area contributed by atoms with E-state index in [-0.39, 0.29) is 5.41 Å². The largest absolute Gasteiger partial charge is 0.460 e. The van der Waals surface area contributed by atoms with E-state index in [1.807, 2.05) is 12.1 Å². The van der Waals surface area contributed by atoms with Gasteiger partial charge in [0.1, 0.15) is 5.75 Å². The second-order valence-electron chi connectivity index (χ2n) is 5.48. The van der Waals surface area contributed by atoms with Crippen LogP contribution in [0.1, 0.15) is 26.3 Å². The normalized spacial score (nSPS) is 15.4. The summed E-state index contributed by atoms with van der Waals surface area (Å²) in [5.74, 6) is 0.355. The van der Waals surface area contributed by atoms with Gasteiger partial charge in [-0.2, -0.15) is 0 Å². The summed E-state index contributed by atoms with van der Waals surface area (Å²) in [7, 11) is 1.27. The van der Waals surface area contributed by atoms with Crippen molar-refractivity contribution >= 4 is 19.3 Å². The van der Waals surface area contributed by atoms with Crippen molar-refractivity contribution in [3.8, 4) is 5.75 Å². The molecule has 108 valence electrons. The standard InChI is InChI=1S/C13H21ClNO3P/c1-13(2,3)10-7-8-12(11(14)9-10)18-19(16,17-6)15(4)5/h7-9H,1-6H3. The Morgan fingerprint density at radius 2 is 1.84 bits per heavy atom. The predicted octanol–water partition coefficient (Wildman–Crippen LogP) is 4.33. The van der Waals surface area contributed by atoms with Gasteiger partial charge in [-0.3, -0.25) is 4.52 Å². The molecule has 0 aliphatic carbocycles. The van der Waals surface area contributed by atoms with Gasteiger partial charge in [0.15, 0.2) is 0 Å². The third-order valence-corrected chi connectivity index (χ3v) is 4.90. The molecule has 0 radical (unpaired) electrons. The van der Waals surface area contributed by atoms with E-state index in [9.17, 15) is 4.57 Å². The van der Waals surface area contributed by atoms with Crippen molar-refractivity contribution in [1.82, 2.24) is 4.67 Å². The molecule has 1 aromatic carbocycles. The maximum Gasteiger partial charge on any atom is 0.460 e. The van der Waals surface area contributed by atoms with Crippen molar-refractivity contribution < 1.29 is 13.6 Å². The molecule has 0 heterocycles. The monoisotopic (exact) mass is 305 g/mol. The molecule has 0 N–H and O–H groups in total. The lowest BCUT2D eigenvalue weighted by Gasteiger charge is -2.24. The molecule has 1 atom stereocenters. The molecule has 0 saturated heterocycles. The van der Waals surface area contributed by atoms with Crippen molar-refractivity contribution in [3.05, 3.63) is 28.8 Å². The Morgan fingerprint density at radius 1 is 1.26 bits per heavy atom. The molecule has 0 fully saturated rings. The minimum absolute atomic E-state index is 0.00529. The van der Waals surface area contributed by atoms with Crippen LogP contribution >= 0.6 is 19.3 Å². The first-order valence-electron chi connectivity index (χ1n) is 5.93. The van der Waals surface area contributed by atoms with Crippen molar-refractivity contribution in [2.45, 2.75) is 26.2 Å². The summed E-state index contributed by atoms with van der Waals surface area (Å²) in [4.78, 5) is 0. The van der Waals surface area contributed by atoms with Gasteiger partial charge < -0.3 is 4.52 Å². The maximum absolute atomic E-state index is 12.3. The summed E-state index contributed by atoms with van der Waals surface area (Å²) in [6, 6.07) is 5.46. The molecule has 0 saturated carbocycles. The lowest BCUT2D eigenvalue weighted by Crippen LogP contribution is -2.15. The molecule has 1 unspecified atom stereocenters. The highest BCUT2D eigenvalue weighted by Crippen LogP contribution is 2.50. The second-order valence-corrected chi connectivity index (χ2v) is 8.18. The number of nitrogens with zero attached hydrogens (tertiary/aromatic N) is 1. The fourth-order valence-electron chi connectivity index (χ4n) is 1.45. The average Bonchev–Trinajstić information content (AvgIpc) is 2.30. The molecule has 0 amide bonds. The van der Waals surface area contributed by atoms with Gasteiger partial charge in [-0.05, 0) is 37.2 Å². The van der Waals surface area contributed by atoms with E-state index in [0.29, 0.717) is 10.8 Å². The Hall–Kier alpha value is -0.540. The van der Waals surface area contributed by atoms with E-state index < -0.39 is 7.75 Å². The molecule has 0 aliphatic rings. The van der Waals surface area contributed by atoms with Crippen LogP contribution in [0.2, 0.25) is 5.02 Å². The number of rotatable bonds is 4. The van der Waals surface area contributed by atoms with Crippen LogP contribution in [-0.4, -0.2) is 25.9 Å². The Kier molecular flexibility index (Phi) is 5.08. The third-order valence-electron chi connectivity index (χ3n) is 2.73. The van der Waals surface area contributed by atoms with Gasteiger partial charge in [0, 0.05) is 7.11 Å². The predicted molar refractivity (Wildman–Crippen MR) is 79.1 cm³/mol. The lowest BCUT2D eigenvalue weighted by molar-refractivity contribution is 0.273. The summed E-state index contributed by atoms with van der Waals surface area (Å²) < 4.78 is 24.1. The van der Waals surface area contributed by atoms with Gasteiger partial charge >= 0.3 is 7.75 Å². The van der Waals surface area contributed by atoms with Crippen LogP contribution in [0.3, 0.4) is 0 Å². The van der Waals surface area contributed by atoms with Gasteiger partial charge in [-0.1, -0.05) is 38.4 Å². The Morgan fingerprint density at radius 3 is 2.21 bits per heavy atom. The first-order chi connectivity index (χ1) is 8.60. The molecule has 4 nitrogen and oxygen atoms in total. The Balaban J connectivity index is 3.08. The fraction of sp³-hybridized carbons (Fsp3) is 0.538. The molecule has 0 aromatic heterocycles. The van der Waals surface area contributed by atoms with Gasteiger partial charge in [0.2, 0.25) is 0 Å². The molecule has 1 rings (SSSR count). The molecular weight excluding hydrogens is 285 g/mol. The van der Waals surface area contributed by atoms with Crippen LogP contribution in [0, 0.1) is 0 Å². The highest BCUT2D eigenvalue weighted by molar-refractivity contribution is 7.51. The minimum atomic E-state index is -3.33. The first-order valence-corrected chi connectivity index (χ1v) is 7.80. The Labute approximate surface area is 120 Å². The number of benzene rings is 1. The SMILES string of the molecule is COP(=O)(Oc1ccc(C(C)(C)C)cc1Cl)N(C)C. The van der Waals surface area contributed by atoms with E-state index in [1.165, 1.54) is 11.8 Å². The van der Waals surface area contributed by atoms with Crippen molar-refractivity contribution in [2.75, 3.05) is 21.2 Å². The lowest BCUT2D eigenvalue weighted by atomic mass is 9.87. The van der Waals surface area contributed by atoms with Gasteiger partial charge in [-0.15, -0.1) is 0 Å². The Bertz CT molecular complexity index is 497. The zero-order chi connectivity index (χ0) is 14.8. The van der Waals surface area contributed by atoms with Crippen LogP contribution in [-0.2, 0) is 14.5 Å². The minimum Gasteiger partial charge on any atom is -0.411 e. The van der Waals surface area contributed by atoms with Crippen LogP contribution in [0.25, 0.3) is 0 Å². The zero-order valence-electron chi connectivity index (χ0n) is 12.2. The van der Waals surface area contributed by atoms with Crippen LogP contribution in [0.4, 0.5) is 0 Å². The van der Waals surface area contributed by atoms with Crippen LogP contribution in [0.15, 0.2) is 18.2 Å². The van der Waals surface area contributed by atoms with E-state index in [4.69, 9.17) is 20.6 Å². The summed E-state index contributed by atoms with van der Waals surface area (Å²) in [6.07, 6.45) is 0. The fourth-order valence-corrected chi connectivity index (χ4v) is 2.69. The highest BCUT2D eigenvalue weighted by atomic mass is 35.5. The number of hydrogen-bond acceptors (Lipinski definition) is 3. The zero-order valence-corrected chi connectivity index (χ0v) is 13.9. The second kappa shape index (κ2) is 5.84. The van der Waals surface area contributed by atoms with E-state index >= 15 is 0 Å². The van der Waals surface area contributed by atoms with E-state index in [1.54, 1.807) is 20.2 Å². The molecule has 0 aliphatic heterocycles. The molecule has 19 heavy (non-hydrogen) atoms. The first kappa shape index (κ1) is 16.5. The number of hydrogen-bond donors (Lipinski definition) is 0. The maximum atomic E-state index is 12.3. The van der Waals surface area contributed by atoms with E-state index in [2.05, 4.69) is 20.8 Å². The summed E-state index contributed by atoms with van der Waals surface area (Å²) >= 11 is 6.18. The van der Waals surface area contributed by atoms with Crippen LogP contribution in [0.5, 0.6) is 5.75 Å². The van der Waals surface area contributed by atoms with Gasteiger partial charge in [-0.25, -0.2) is 9.24 Å². The third kappa shape index (κ3) is 3.96. The van der Waals surface area contributed by atoms with Crippen LogP contribution < -0.4 is 4.52 Å². The van der Waals surface area contributed by atoms with Crippen molar-refractivity contribution in [1.29, 1.82) is 0 Å². The highest BCUT2D eigenvalue weighted by Gasteiger charge is 2.29. The summed E-state index contributed by atoms with van der Waals surface area (Å²) in [6.45, 7) is 6.29. The smallest absolute Gasteiger partial charge is 0.411 e.